The van der Waals surface area contributed by atoms with Crippen molar-refractivity contribution in [3.8, 4) is 0 Å². The van der Waals surface area contributed by atoms with Crippen molar-refractivity contribution < 1.29 is 17.9 Å². The number of hydrogen-bond donors (Lipinski definition) is 1. The van der Waals surface area contributed by atoms with Crippen LogP contribution in [0.25, 0.3) is 0 Å². The van der Waals surface area contributed by atoms with Crippen LogP contribution in [0.1, 0.15) is 49.8 Å². The van der Waals surface area contributed by atoms with Gasteiger partial charge in [-0.3, -0.25) is 0 Å². The van der Waals surface area contributed by atoms with E-state index < -0.39 is 23.4 Å². The third kappa shape index (κ3) is 3.40. The lowest BCUT2D eigenvalue weighted by Crippen LogP contribution is -2.46. The summed E-state index contributed by atoms with van der Waals surface area (Å²) >= 11 is 0. The minimum absolute atomic E-state index is 0.410. The second-order valence-electron chi connectivity index (χ2n) is 6.07. The summed E-state index contributed by atoms with van der Waals surface area (Å²) in [6, 6.07) is 4.70. The van der Waals surface area contributed by atoms with Crippen LogP contribution in [0.4, 0.5) is 13.2 Å². The van der Waals surface area contributed by atoms with E-state index in [1.165, 1.54) is 12.1 Å². The molecule has 0 spiro atoms. The van der Waals surface area contributed by atoms with Crippen LogP contribution in [0.5, 0.6) is 0 Å². The molecule has 1 aromatic rings. The average Bonchev–Trinajstić information content (AvgIpc) is 2.45. The average molecular weight is 301 g/mol. The van der Waals surface area contributed by atoms with Gasteiger partial charge >= 0.3 is 6.18 Å². The molecule has 1 aliphatic rings. The molecule has 2 rings (SSSR count). The Labute approximate surface area is 123 Å². The zero-order valence-corrected chi connectivity index (χ0v) is 12.4. The maximum absolute atomic E-state index is 12.6. The van der Waals surface area contributed by atoms with E-state index in [2.05, 4.69) is 6.92 Å². The van der Waals surface area contributed by atoms with Gasteiger partial charge in [0.05, 0.1) is 17.2 Å². The molecule has 5 heteroatoms. The first-order valence-corrected chi connectivity index (χ1v) is 7.26. The Morgan fingerprint density at radius 2 is 1.90 bits per heavy atom. The molecule has 0 aromatic heterocycles. The lowest BCUT2D eigenvalue weighted by atomic mass is 9.73. The Bertz CT molecular complexity index is 471. The van der Waals surface area contributed by atoms with Gasteiger partial charge in [-0.15, -0.1) is 0 Å². The predicted octanol–water partition coefficient (Wildman–Crippen LogP) is 4.30. The Kier molecular flexibility index (Phi) is 4.63. The summed E-state index contributed by atoms with van der Waals surface area (Å²) in [5, 5.41) is 0. The highest BCUT2D eigenvalue weighted by Gasteiger charge is 2.41. The fraction of sp³-hybridized carbons (Fsp3) is 0.625. The first kappa shape index (κ1) is 16.3. The van der Waals surface area contributed by atoms with Gasteiger partial charge in [0.1, 0.15) is 0 Å². The van der Waals surface area contributed by atoms with Crippen LogP contribution in [-0.2, 0) is 10.9 Å². The van der Waals surface area contributed by atoms with Crippen LogP contribution in [-0.4, -0.2) is 12.7 Å². The largest absolute Gasteiger partial charge is 0.416 e. The number of methoxy groups -OCH3 is 1. The minimum Gasteiger partial charge on any atom is -0.376 e. The first-order valence-electron chi connectivity index (χ1n) is 7.26. The van der Waals surface area contributed by atoms with Gasteiger partial charge in [0, 0.05) is 7.11 Å². The van der Waals surface area contributed by atoms with E-state index in [-0.39, 0.29) is 0 Å². The molecule has 118 valence electrons. The number of halogens is 3. The Morgan fingerprint density at radius 1 is 1.29 bits per heavy atom. The standard InChI is InChI=1S/C16H22F3NO/c1-11-4-3-9-15(10-11,21-2)14(20)12-5-7-13(8-6-12)16(17,18)19/h5-8,11,14H,3-4,9-10,20H2,1-2H3. The Hall–Kier alpha value is -1.07. The zero-order chi connectivity index (χ0) is 15.7. The van der Waals surface area contributed by atoms with E-state index in [9.17, 15) is 13.2 Å². The van der Waals surface area contributed by atoms with E-state index in [0.717, 1.165) is 37.8 Å². The quantitative estimate of drug-likeness (QED) is 0.903. The highest BCUT2D eigenvalue weighted by molar-refractivity contribution is 5.28. The SMILES string of the molecule is COC1(C(N)c2ccc(C(F)(F)F)cc2)CCCC(C)C1. The van der Waals surface area contributed by atoms with Crippen molar-refractivity contribution in [3.05, 3.63) is 35.4 Å². The third-order valence-electron chi connectivity index (χ3n) is 4.56. The Balaban J connectivity index is 2.23. The van der Waals surface area contributed by atoms with Gasteiger partial charge < -0.3 is 10.5 Å². The third-order valence-corrected chi connectivity index (χ3v) is 4.56. The molecule has 0 aliphatic heterocycles. The number of hydrogen-bond acceptors (Lipinski definition) is 2. The molecule has 1 saturated carbocycles. The van der Waals surface area contributed by atoms with Gasteiger partial charge in [-0.2, -0.15) is 13.2 Å². The molecular formula is C16H22F3NO. The summed E-state index contributed by atoms with van der Waals surface area (Å²) in [5.41, 5.74) is 5.90. The van der Waals surface area contributed by atoms with E-state index >= 15 is 0 Å². The van der Waals surface area contributed by atoms with Crippen molar-refractivity contribution in [2.24, 2.45) is 11.7 Å². The molecule has 2 N–H and O–H groups in total. The molecule has 1 aliphatic carbocycles. The summed E-state index contributed by atoms with van der Waals surface area (Å²) < 4.78 is 43.6. The normalized spacial score (nSPS) is 28.4. The maximum atomic E-state index is 12.6. The number of alkyl halides is 3. The highest BCUT2D eigenvalue weighted by atomic mass is 19.4. The van der Waals surface area contributed by atoms with Gasteiger partial charge in [0.15, 0.2) is 0 Å². The van der Waals surface area contributed by atoms with Crippen LogP contribution in [0.2, 0.25) is 0 Å². The summed E-state index contributed by atoms with van der Waals surface area (Å²) in [5.74, 6) is 0.513. The van der Waals surface area contributed by atoms with Crippen molar-refractivity contribution in [1.29, 1.82) is 0 Å². The number of benzene rings is 1. The van der Waals surface area contributed by atoms with Gasteiger partial charge in [-0.25, -0.2) is 0 Å². The van der Waals surface area contributed by atoms with E-state index in [0.29, 0.717) is 11.5 Å². The molecule has 0 radical (unpaired) electrons. The molecule has 1 fully saturated rings. The predicted molar refractivity (Wildman–Crippen MR) is 75.7 cm³/mol. The van der Waals surface area contributed by atoms with Crippen LogP contribution in [0.15, 0.2) is 24.3 Å². The monoisotopic (exact) mass is 301 g/mol. The van der Waals surface area contributed by atoms with Crippen molar-refractivity contribution in [2.75, 3.05) is 7.11 Å². The lowest BCUT2D eigenvalue weighted by Gasteiger charge is -2.43. The van der Waals surface area contributed by atoms with Crippen LogP contribution in [0, 0.1) is 5.92 Å². The second kappa shape index (κ2) is 5.97. The lowest BCUT2D eigenvalue weighted by molar-refractivity contribution is -0.137. The second-order valence-corrected chi connectivity index (χ2v) is 6.07. The summed E-state index contributed by atoms with van der Waals surface area (Å²) in [6.07, 6.45) is -0.461. The summed E-state index contributed by atoms with van der Waals surface area (Å²) in [4.78, 5) is 0. The zero-order valence-electron chi connectivity index (χ0n) is 12.4. The van der Waals surface area contributed by atoms with Crippen LogP contribution >= 0.6 is 0 Å². The topological polar surface area (TPSA) is 35.2 Å². The molecule has 1 aromatic carbocycles. The van der Waals surface area contributed by atoms with E-state index in [1.54, 1.807) is 7.11 Å². The number of nitrogens with two attached hydrogens (primary N) is 1. The molecule has 3 atom stereocenters. The summed E-state index contributed by atoms with van der Waals surface area (Å²) in [7, 11) is 1.64. The molecular weight excluding hydrogens is 279 g/mol. The van der Waals surface area contributed by atoms with Crippen molar-refractivity contribution in [2.45, 2.75) is 50.4 Å². The molecule has 21 heavy (non-hydrogen) atoms. The van der Waals surface area contributed by atoms with Gasteiger partial charge in [-0.1, -0.05) is 31.9 Å². The van der Waals surface area contributed by atoms with Crippen LogP contribution < -0.4 is 5.73 Å². The molecule has 0 amide bonds. The fourth-order valence-electron chi connectivity index (χ4n) is 3.32. The number of ether oxygens (including phenoxy) is 1. The van der Waals surface area contributed by atoms with Crippen molar-refractivity contribution in [1.82, 2.24) is 0 Å². The van der Waals surface area contributed by atoms with Gasteiger partial charge in [-0.05, 0) is 36.5 Å². The molecule has 2 nitrogen and oxygen atoms in total. The van der Waals surface area contributed by atoms with Gasteiger partial charge in [0.2, 0.25) is 0 Å². The van der Waals surface area contributed by atoms with Crippen molar-refractivity contribution >= 4 is 0 Å². The van der Waals surface area contributed by atoms with E-state index in [1.807, 2.05) is 0 Å². The maximum Gasteiger partial charge on any atom is 0.416 e. The van der Waals surface area contributed by atoms with Crippen LogP contribution in [0.3, 0.4) is 0 Å². The Morgan fingerprint density at radius 3 is 2.38 bits per heavy atom. The minimum atomic E-state index is -4.32. The smallest absolute Gasteiger partial charge is 0.376 e. The highest BCUT2D eigenvalue weighted by Crippen LogP contribution is 2.42. The fourth-order valence-corrected chi connectivity index (χ4v) is 3.32. The van der Waals surface area contributed by atoms with E-state index in [4.69, 9.17) is 10.5 Å². The molecule has 0 bridgehead atoms. The molecule has 0 saturated heterocycles. The first-order chi connectivity index (χ1) is 9.78. The number of rotatable bonds is 3. The van der Waals surface area contributed by atoms with Crippen molar-refractivity contribution in [3.63, 3.8) is 0 Å². The summed E-state index contributed by atoms with van der Waals surface area (Å²) in [6.45, 7) is 2.16. The van der Waals surface area contributed by atoms with Gasteiger partial charge in [0.25, 0.3) is 0 Å². The molecule has 0 heterocycles. The molecule has 3 unspecified atom stereocenters.